The van der Waals surface area contributed by atoms with Crippen LogP contribution in [-0.2, 0) is 9.53 Å². The second-order valence-electron chi connectivity index (χ2n) is 7.53. The molecule has 4 rings (SSSR count). The van der Waals surface area contributed by atoms with Crippen molar-refractivity contribution in [3.05, 3.63) is 71.8 Å². The summed E-state index contributed by atoms with van der Waals surface area (Å²) in [5.74, 6) is -4.43. The average Bonchev–Trinajstić information content (AvgIpc) is 3.05. The van der Waals surface area contributed by atoms with E-state index < -0.39 is 29.8 Å². The number of ether oxygens (including phenoxy) is 1. The summed E-state index contributed by atoms with van der Waals surface area (Å²) in [7, 11) is 0. The van der Waals surface area contributed by atoms with Crippen LogP contribution in [0.3, 0.4) is 0 Å². The maximum Gasteiger partial charge on any atom is 0.331 e. The highest BCUT2D eigenvalue weighted by atomic mass is 19.3. The highest BCUT2D eigenvalue weighted by Gasteiger charge is 2.72. The number of fused-ring (bicyclic) bond motifs is 1. The van der Waals surface area contributed by atoms with Gasteiger partial charge in [0, 0.05) is 23.0 Å². The zero-order valence-electron chi connectivity index (χ0n) is 15.7. The van der Waals surface area contributed by atoms with Gasteiger partial charge in [-0.2, -0.15) is 0 Å². The summed E-state index contributed by atoms with van der Waals surface area (Å²) >= 11 is 0. The Morgan fingerprint density at radius 2 is 1.54 bits per heavy atom. The third-order valence-electron chi connectivity index (χ3n) is 5.82. The Balaban J connectivity index is 1.71. The van der Waals surface area contributed by atoms with Crippen LogP contribution in [0.2, 0.25) is 0 Å². The normalized spacial score (nSPS) is 25.5. The number of esters is 1. The second-order valence-corrected chi connectivity index (χ2v) is 7.53. The number of hydrogen-bond acceptors (Lipinski definition) is 3. The van der Waals surface area contributed by atoms with Gasteiger partial charge in [0.2, 0.25) is 0 Å². The first-order valence-corrected chi connectivity index (χ1v) is 9.75. The Bertz CT molecular complexity index is 811. The Hall–Kier alpha value is -2.56. The molecule has 3 atom stereocenters. The number of benzene rings is 2. The van der Waals surface area contributed by atoms with Gasteiger partial charge in [-0.05, 0) is 25.7 Å². The number of carbonyl (C=O) groups excluding carboxylic acids is 1. The molecule has 3 unspecified atom stereocenters. The van der Waals surface area contributed by atoms with Gasteiger partial charge in [-0.15, -0.1) is 0 Å². The van der Waals surface area contributed by atoms with Crippen LogP contribution in [0, 0.1) is 17.8 Å². The molecule has 5 heteroatoms. The van der Waals surface area contributed by atoms with E-state index >= 15 is 0 Å². The molecule has 2 aromatic carbocycles. The molecule has 28 heavy (non-hydrogen) atoms. The van der Waals surface area contributed by atoms with Crippen molar-refractivity contribution in [1.29, 1.82) is 0 Å². The minimum absolute atomic E-state index is 0.212. The van der Waals surface area contributed by atoms with Crippen molar-refractivity contribution < 1.29 is 18.3 Å². The lowest BCUT2D eigenvalue weighted by Gasteiger charge is -2.22. The molecule has 0 aromatic heterocycles. The number of halogens is 2. The van der Waals surface area contributed by atoms with Gasteiger partial charge in [-0.25, -0.2) is 13.6 Å². The highest BCUT2D eigenvalue weighted by Crippen LogP contribution is 2.66. The van der Waals surface area contributed by atoms with Gasteiger partial charge in [0.15, 0.2) is 6.04 Å². The summed E-state index contributed by atoms with van der Waals surface area (Å²) in [5.41, 5.74) is 2.46. The molecule has 2 aliphatic rings. The fourth-order valence-electron chi connectivity index (χ4n) is 4.33. The van der Waals surface area contributed by atoms with Crippen LogP contribution in [0.25, 0.3) is 0 Å². The van der Waals surface area contributed by atoms with Crippen molar-refractivity contribution >= 4 is 11.7 Å². The average molecular weight is 383 g/mol. The van der Waals surface area contributed by atoms with Gasteiger partial charge in [0.1, 0.15) is 0 Å². The van der Waals surface area contributed by atoms with E-state index in [0.29, 0.717) is 18.6 Å². The molecule has 2 aliphatic carbocycles. The maximum atomic E-state index is 13.7. The molecule has 2 aromatic rings. The first kappa shape index (κ1) is 18.8. The van der Waals surface area contributed by atoms with E-state index in [0.717, 1.165) is 11.1 Å². The molecule has 0 N–H and O–H groups in total. The molecule has 0 aliphatic heterocycles. The van der Waals surface area contributed by atoms with E-state index in [1.807, 2.05) is 60.7 Å². The predicted molar refractivity (Wildman–Crippen MR) is 104 cm³/mol. The Morgan fingerprint density at radius 1 is 1.04 bits per heavy atom. The molecule has 0 heterocycles. The van der Waals surface area contributed by atoms with Crippen LogP contribution in [0.5, 0.6) is 0 Å². The van der Waals surface area contributed by atoms with Gasteiger partial charge in [-0.3, -0.25) is 4.99 Å². The molecular formula is C23H23F2NO2. The number of carbonyl (C=O) groups is 1. The topological polar surface area (TPSA) is 38.7 Å². The van der Waals surface area contributed by atoms with Crippen LogP contribution < -0.4 is 0 Å². The standard InChI is InChI=1S/C23H23F2NO2/c1-2-28-22(27)21(17-13-18-19(14-17)23(18,24)25)26-20(15-9-5-3-6-10-15)16-11-7-4-8-12-16/h3-12,17-19,21H,2,13-14H2,1H3. The van der Waals surface area contributed by atoms with Crippen molar-refractivity contribution in [2.75, 3.05) is 6.61 Å². The fraction of sp³-hybridized carbons (Fsp3) is 0.391. The second kappa shape index (κ2) is 7.46. The lowest BCUT2D eigenvalue weighted by Crippen LogP contribution is -2.32. The van der Waals surface area contributed by atoms with E-state index in [2.05, 4.69) is 0 Å². The van der Waals surface area contributed by atoms with Gasteiger partial charge < -0.3 is 4.74 Å². The van der Waals surface area contributed by atoms with Crippen molar-refractivity contribution in [2.24, 2.45) is 22.7 Å². The fourth-order valence-corrected chi connectivity index (χ4v) is 4.33. The van der Waals surface area contributed by atoms with Crippen molar-refractivity contribution in [2.45, 2.75) is 31.7 Å². The smallest absolute Gasteiger partial charge is 0.331 e. The highest BCUT2D eigenvalue weighted by molar-refractivity contribution is 6.13. The number of nitrogens with zero attached hydrogens (tertiary/aromatic N) is 1. The van der Waals surface area contributed by atoms with E-state index in [4.69, 9.17) is 9.73 Å². The van der Waals surface area contributed by atoms with Crippen molar-refractivity contribution in [1.82, 2.24) is 0 Å². The van der Waals surface area contributed by atoms with Crippen LogP contribution in [-0.4, -0.2) is 30.3 Å². The summed E-state index contributed by atoms with van der Waals surface area (Å²) in [6.07, 6.45) is 0.642. The van der Waals surface area contributed by atoms with E-state index in [1.54, 1.807) is 6.92 Å². The number of hydrogen-bond donors (Lipinski definition) is 0. The summed E-state index contributed by atoms with van der Waals surface area (Å²) in [6.45, 7) is 1.99. The maximum absolute atomic E-state index is 13.7. The molecule has 2 saturated carbocycles. The van der Waals surface area contributed by atoms with Crippen LogP contribution >= 0.6 is 0 Å². The quantitative estimate of drug-likeness (QED) is 0.533. The summed E-state index contributed by atoms with van der Waals surface area (Å²) in [4.78, 5) is 17.5. The molecule has 0 radical (unpaired) electrons. The summed E-state index contributed by atoms with van der Waals surface area (Å²) in [5, 5.41) is 0. The minimum Gasteiger partial charge on any atom is -0.464 e. The van der Waals surface area contributed by atoms with E-state index in [1.165, 1.54) is 0 Å². The third kappa shape index (κ3) is 3.46. The molecule has 0 amide bonds. The Labute approximate surface area is 163 Å². The summed E-state index contributed by atoms with van der Waals surface area (Å²) < 4.78 is 32.6. The van der Waals surface area contributed by atoms with Gasteiger partial charge >= 0.3 is 5.97 Å². The molecule has 2 fully saturated rings. The summed E-state index contributed by atoms with van der Waals surface area (Å²) in [6, 6.07) is 18.5. The first-order valence-electron chi connectivity index (χ1n) is 9.75. The van der Waals surface area contributed by atoms with E-state index in [-0.39, 0.29) is 12.5 Å². The minimum atomic E-state index is -2.57. The lowest BCUT2D eigenvalue weighted by molar-refractivity contribution is -0.146. The van der Waals surface area contributed by atoms with Crippen molar-refractivity contribution in [3.8, 4) is 0 Å². The molecule has 3 nitrogen and oxygen atoms in total. The SMILES string of the molecule is CCOC(=O)C(N=C(c1ccccc1)c1ccccc1)C1CC2C(C1)C2(F)F. The van der Waals surface area contributed by atoms with Crippen LogP contribution in [0.1, 0.15) is 30.9 Å². The van der Waals surface area contributed by atoms with Crippen molar-refractivity contribution in [3.63, 3.8) is 0 Å². The Morgan fingerprint density at radius 3 is 2.00 bits per heavy atom. The molecular weight excluding hydrogens is 360 g/mol. The first-order chi connectivity index (χ1) is 13.5. The zero-order chi connectivity index (χ0) is 19.7. The zero-order valence-corrected chi connectivity index (χ0v) is 15.7. The number of rotatable bonds is 6. The van der Waals surface area contributed by atoms with Crippen LogP contribution in [0.4, 0.5) is 8.78 Å². The number of aliphatic imine (C=N–C) groups is 1. The van der Waals surface area contributed by atoms with Gasteiger partial charge in [0.05, 0.1) is 12.3 Å². The molecule has 0 saturated heterocycles. The molecule has 0 spiro atoms. The largest absolute Gasteiger partial charge is 0.464 e. The number of alkyl halides is 2. The van der Waals surface area contributed by atoms with E-state index in [9.17, 15) is 13.6 Å². The predicted octanol–water partition coefficient (Wildman–Crippen LogP) is 4.75. The third-order valence-corrected chi connectivity index (χ3v) is 5.82. The van der Waals surface area contributed by atoms with Gasteiger partial charge in [-0.1, -0.05) is 60.7 Å². The monoisotopic (exact) mass is 383 g/mol. The molecule has 146 valence electrons. The lowest BCUT2D eigenvalue weighted by atomic mass is 9.93. The van der Waals surface area contributed by atoms with Crippen LogP contribution in [0.15, 0.2) is 65.7 Å². The molecule has 0 bridgehead atoms. The van der Waals surface area contributed by atoms with Gasteiger partial charge in [0.25, 0.3) is 5.92 Å². The Kier molecular flexibility index (Phi) is 5.00.